The van der Waals surface area contributed by atoms with Gasteiger partial charge in [0.05, 0.1) is 49.6 Å². The number of aromatic carboxylic acids is 1. The van der Waals surface area contributed by atoms with E-state index in [2.05, 4.69) is 39.6 Å². The van der Waals surface area contributed by atoms with E-state index in [4.69, 9.17) is 18.9 Å². The summed E-state index contributed by atoms with van der Waals surface area (Å²) in [5.74, 6) is 1.96. The van der Waals surface area contributed by atoms with Crippen LogP contribution in [0.5, 0.6) is 11.5 Å². The molecule has 4 unspecified atom stereocenters. The minimum Gasteiger partial charge on any atom is -0.488 e. The largest absolute Gasteiger partial charge is 0.488 e. The maximum atomic E-state index is 13.5. The van der Waals surface area contributed by atoms with Crippen molar-refractivity contribution in [1.82, 2.24) is 29.3 Å². The summed E-state index contributed by atoms with van der Waals surface area (Å²) in [6.45, 7) is 12.0. The molecule has 4 bridgehead atoms. The Bertz CT molecular complexity index is 2920. The van der Waals surface area contributed by atoms with Gasteiger partial charge in [0.1, 0.15) is 46.1 Å². The van der Waals surface area contributed by atoms with Crippen molar-refractivity contribution in [2.45, 2.75) is 77.7 Å². The van der Waals surface area contributed by atoms with Crippen molar-refractivity contribution < 1.29 is 33.6 Å². The minimum atomic E-state index is -1.24. The minimum absolute atomic E-state index is 0.0114. The molecule has 4 saturated heterocycles. The van der Waals surface area contributed by atoms with Gasteiger partial charge in [-0.05, 0) is 72.9 Å². The van der Waals surface area contributed by atoms with Gasteiger partial charge in [0.2, 0.25) is 10.9 Å². The molecule has 4 aliphatic heterocycles. The number of rotatable bonds is 8. The van der Waals surface area contributed by atoms with Crippen molar-refractivity contribution in [3.05, 3.63) is 139 Å². The van der Waals surface area contributed by atoms with Gasteiger partial charge in [0.15, 0.2) is 0 Å². The highest BCUT2D eigenvalue weighted by Gasteiger charge is 2.35. The van der Waals surface area contributed by atoms with Crippen LogP contribution >= 0.6 is 0 Å². The second-order valence-corrected chi connectivity index (χ2v) is 19.4. The molecule has 2 N–H and O–H groups in total. The van der Waals surface area contributed by atoms with Gasteiger partial charge in [0.25, 0.3) is 5.91 Å². The van der Waals surface area contributed by atoms with E-state index in [1.54, 1.807) is 35.3 Å². The number of benzene rings is 2. The Balaban J connectivity index is 0.000000139. The Morgan fingerprint density at radius 1 is 0.652 bits per heavy atom. The summed E-state index contributed by atoms with van der Waals surface area (Å²) in [4.78, 5) is 61.6. The van der Waals surface area contributed by atoms with Crippen molar-refractivity contribution in [2.75, 3.05) is 52.6 Å². The number of carboxylic acids is 1. The number of ether oxygens (including phenoxy) is 4. The molecular weight excluding hydrogens is 877 g/mol. The summed E-state index contributed by atoms with van der Waals surface area (Å²) in [5, 5.41) is 13.4. The molecule has 1 amide bonds. The van der Waals surface area contributed by atoms with Crippen LogP contribution in [0.4, 0.5) is 0 Å². The van der Waals surface area contributed by atoms with Crippen LogP contribution in [0.1, 0.15) is 69.7 Å². The highest BCUT2D eigenvalue weighted by molar-refractivity contribution is 5.97. The highest BCUT2D eigenvalue weighted by Crippen LogP contribution is 2.30. The molecule has 4 aromatic heterocycles. The molecule has 0 radical (unpaired) electrons. The molecule has 12 rings (SSSR count). The number of fused-ring (bicyclic) bond motifs is 8. The number of carboxylic acid groups (broad SMARTS) is 1. The van der Waals surface area contributed by atoms with Gasteiger partial charge in [-0.25, -0.2) is 14.8 Å². The van der Waals surface area contributed by atoms with Gasteiger partial charge in [0, 0.05) is 89.2 Å². The van der Waals surface area contributed by atoms with E-state index in [-0.39, 0.29) is 40.1 Å². The summed E-state index contributed by atoms with van der Waals surface area (Å²) in [6, 6.07) is 19.9. The molecule has 4 atom stereocenters. The maximum Gasteiger partial charge on any atom is 0.341 e. The molecule has 0 spiro atoms. The Hall–Kier alpha value is -6.42. The molecule has 2 aromatic carbocycles. The lowest BCUT2D eigenvalue weighted by Gasteiger charge is -2.41. The molecule has 4 fully saturated rings. The number of nitrogens with zero attached hydrogens (tertiary/aromatic N) is 5. The summed E-state index contributed by atoms with van der Waals surface area (Å²) < 4.78 is 26.9. The van der Waals surface area contributed by atoms with E-state index < -0.39 is 11.4 Å². The molecule has 2 aliphatic carbocycles. The first-order valence-electron chi connectivity index (χ1n) is 24.5. The van der Waals surface area contributed by atoms with Crippen molar-refractivity contribution >= 4 is 33.9 Å². The Morgan fingerprint density at radius 3 is 1.51 bits per heavy atom. The van der Waals surface area contributed by atoms with Crippen LogP contribution in [0.2, 0.25) is 0 Å². The fraction of sp³-hybridized carbons (Fsp3) is 0.444. The number of amides is 1. The van der Waals surface area contributed by atoms with Gasteiger partial charge in [-0.15, -0.1) is 0 Å². The zero-order valence-electron chi connectivity index (χ0n) is 39.3. The third-order valence-corrected chi connectivity index (χ3v) is 14.4. The second-order valence-electron chi connectivity index (χ2n) is 19.4. The van der Waals surface area contributed by atoms with E-state index in [9.17, 15) is 24.3 Å². The molecular formula is C54H60N6O9. The summed E-state index contributed by atoms with van der Waals surface area (Å²) in [7, 11) is 0. The van der Waals surface area contributed by atoms with Crippen molar-refractivity contribution in [3.8, 4) is 11.5 Å². The number of carbonyl (C=O) groups is 2. The lowest BCUT2D eigenvalue weighted by atomic mass is 9.88. The van der Waals surface area contributed by atoms with E-state index in [0.717, 1.165) is 57.2 Å². The number of hydrogen-bond donors (Lipinski definition) is 2. The molecule has 8 heterocycles. The highest BCUT2D eigenvalue weighted by atomic mass is 16.5. The number of nitrogens with one attached hydrogen (secondary N) is 1. The third kappa shape index (κ3) is 10.0. The Labute approximate surface area is 400 Å². The molecule has 15 nitrogen and oxygen atoms in total. The summed E-state index contributed by atoms with van der Waals surface area (Å²) >= 11 is 0. The number of pyridine rings is 4. The molecule has 360 valence electrons. The topological polar surface area (TPSA) is 176 Å². The number of hydrogen-bond acceptors (Lipinski definition) is 11. The van der Waals surface area contributed by atoms with Crippen LogP contribution in [0.15, 0.2) is 95.0 Å². The van der Waals surface area contributed by atoms with E-state index in [1.165, 1.54) is 48.0 Å². The van der Waals surface area contributed by atoms with Gasteiger partial charge in [-0.1, -0.05) is 48.5 Å². The quantitative estimate of drug-likeness (QED) is 0.183. The molecule has 15 heteroatoms. The number of aryl methyl sites for hydroxylation is 2. The molecule has 6 aromatic rings. The van der Waals surface area contributed by atoms with Crippen LogP contribution in [-0.2, 0) is 48.2 Å². The van der Waals surface area contributed by atoms with E-state index >= 15 is 0 Å². The molecule has 0 saturated carbocycles. The Kier molecular flexibility index (Phi) is 13.6. The van der Waals surface area contributed by atoms with Crippen molar-refractivity contribution in [3.63, 3.8) is 0 Å². The predicted octanol–water partition coefficient (Wildman–Crippen LogP) is 5.97. The SMILES string of the molecule is C1NCC2COCC1C2.CCn1cc(C(=O)N2CC3COCC(C3)C2)c(=O)c2cc(OC3Cc4ccccc4C3)cnc21.CCn1cc(C(=O)O)c(=O)c2cc(OC3Cc4ccccc4C3)cnc21. The summed E-state index contributed by atoms with van der Waals surface area (Å²) in [6.07, 6.45) is 12.1. The lowest BCUT2D eigenvalue weighted by molar-refractivity contribution is -0.0339. The predicted molar refractivity (Wildman–Crippen MR) is 260 cm³/mol. The zero-order valence-corrected chi connectivity index (χ0v) is 39.3. The first-order chi connectivity index (χ1) is 33.6. The van der Waals surface area contributed by atoms with Crippen LogP contribution in [0.25, 0.3) is 22.1 Å². The Morgan fingerprint density at radius 2 is 1.07 bits per heavy atom. The van der Waals surface area contributed by atoms with Gasteiger partial charge >= 0.3 is 5.97 Å². The van der Waals surface area contributed by atoms with Crippen LogP contribution < -0.4 is 25.6 Å². The first-order valence-corrected chi connectivity index (χ1v) is 24.5. The van der Waals surface area contributed by atoms with Crippen molar-refractivity contribution in [2.24, 2.45) is 23.7 Å². The van der Waals surface area contributed by atoms with Gasteiger partial charge in [-0.3, -0.25) is 14.4 Å². The normalized spacial score (nSPS) is 21.6. The smallest absolute Gasteiger partial charge is 0.341 e. The molecule has 69 heavy (non-hydrogen) atoms. The number of piperidine rings is 2. The monoisotopic (exact) mass is 936 g/mol. The van der Waals surface area contributed by atoms with Gasteiger partial charge < -0.3 is 43.4 Å². The average Bonchev–Trinajstić information content (AvgIpc) is 3.98. The number of carbonyl (C=O) groups excluding carboxylic acids is 1. The fourth-order valence-electron chi connectivity index (χ4n) is 11.1. The third-order valence-electron chi connectivity index (χ3n) is 14.4. The first kappa shape index (κ1) is 46.3. The average molecular weight is 937 g/mol. The van der Waals surface area contributed by atoms with Crippen molar-refractivity contribution in [1.29, 1.82) is 0 Å². The second kappa shape index (κ2) is 20.3. The maximum absolute atomic E-state index is 13.5. The van der Waals surface area contributed by atoms with Gasteiger partial charge in [-0.2, -0.15) is 0 Å². The number of likely N-dealkylation sites (tertiary alicyclic amines) is 1. The van der Waals surface area contributed by atoms with Crippen LogP contribution in [0, 0.1) is 23.7 Å². The number of aromatic nitrogens is 4. The van der Waals surface area contributed by atoms with E-state index in [0.29, 0.717) is 79.4 Å². The fourth-order valence-corrected chi connectivity index (χ4v) is 11.1. The van der Waals surface area contributed by atoms with Crippen LogP contribution in [-0.4, -0.2) is 106 Å². The zero-order chi connectivity index (χ0) is 47.6. The molecule has 6 aliphatic rings. The van der Waals surface area contributed by atoms with E-state index in [1.807, 2.05) is 47.6 Å². The standard InChI is InChI=1S/C27H29N3O4.C20H18N2O4.C7H13NO/c1-2-29-14-24(27(32)30-12-17-7-18(13-30)16-33-15-17)25(31)23-10-22(11-28-26(23)29)34-21-8-19-5-3-4-6-20(19)9-21;1-2-22-11-17(20(24)25)18(23)16-9-15(10-21-19(16)22)26-14-7-12-5-3-4-6-13(12)8-14;1-6-2-8-3-7(1)5-9-4-6/h3-6,10-11,14,17-18,21H,2,7-9,12-13,15-16H2,1H3;3-6,9-11,14H,2,7-8H2,1H3,(H,24,25);6-8H,1-5H2. The van der Waals surface area contributed by atoms with Crippen LogP contribution in [0.3, 0.4) is 0 Å². The lowest BCUT2D eigenvalue weighted by Crippen LogP contribution is -2.49. The summed E-state index contributed by atoms with van der Waals surface area (Å²) in [5.41, 5.74) is 5.33.